The quantitative estimate of drug-likeness (QED) is 0.475. The Morgan fingerprint density at radius 3 is 2.79 bits per heavy atom. The van der Waals surface area contributed by atoms with Crippen LogP contribution in [0.2, 0.25) is 0 Å². The van der Waals surface area contributed by atoms with Crippen LogP contribution in [0.1, 0.15) is 5.56 Å². The summed E-state index contributed by atoms with van der Waals surface area (Å²) in [5.74, 6) is 5.90. The molecule has 0 aromatic heterocycles. The van der Waals surface area contributed by atoms with Crippen molar-refractivity contribution in [3.8, 4) is 0 Å². The van der Waals surface area contributed by atoms with E-state index in [1.165, 1.54) is 0 Å². The van der Waals surface area contributed by atoms with E-state index >= 15 is 0 Å². The average molecular weight is 189 g/mol. The van der Waals surface area contributed by atoms with Crippen LogP contribution in [-0.4, -0.2) is 6.29 Å². The summed E-state index contributed by atoms with van der Waals surface area (Å²) in [6.07, 6.45) is 1.59. The highest BCUT2D eigenvalue weighted by Gasteiger charge is 2.11. The van der Waals surface area contributed by atoms with Gasteiger partial charge in [0, 0.05) is 0 Å². The molecule has 1 aliphatic rings. The lowest BCUT2D eigenvalue weighted by Gasteiger charge is -2.03. The molecule has 0 saturated carbocycles. The number of nitrogens with one attached hydrogen (secondary N) is 2. The van der Waals surface area contributed by atoms with Crippen LogP contribution in [0.25, 0.3) is 6.08 Å². The molecule has 0 bridgehead atoms. The lowest BCUT2D eigenvalue weighted by molar-refractivity contribution is 0.516. The molecule has 1 unspecified atom stereocenters. The minimum absolute atomic E-state index is 0.315. The van der Waals surface area contributed by atoms with Gasteiger partial charge in [-0.1, -0.05) is 30.3 Å². The molecule has 1 aliphatic heterocycles. The molecule has 5 heteroatoms. The van der Waals surface area contributed by atoms with Gasteiger partial charge in [0.05, 0.1) is 0 Å². The smallest absolute Gasteiger partial charge is 0.207 e. The summed E-state index contributed by atoms with van der Waals surface area (Å²) in [7, 11) is 0. The predicted octanol–water partition coefficient (Wildman–Crippen LogP) is 0.787. The molecule has 0 saturated heterocycles. The van der Waals surface area contributed by atoms with Gasteiger partial charge in [-0.05, 0) is 11.6 Å². The van der Waals surface area contributed by atoms with Crippen LogP contribution < -0.4 is 16.6 Å². The van der Waals surface area contributed by atoms with E-state index in [2.05, 4.69) is 21.0 Å². The number of nitrogens with zero attached hydrogens (tertiary/aromatic N) is 2. The van der Waals surface area contributed by atoms with Gasteiger partial charge in [0.25, 0.3) is 0 Å². The Hall–Kier alpha value is -1.72. The fourth-order valence-corrected chi connectivity index (χ4v) is 1.17. The normalized spacial score (nSPS) is 22.6. The van der Waals surface area contributed by atoms with Gasteiger partial charge in [-0.3, -0.25) is 5.84 Å². The van der Waals surface area contributed by atoms with Crippen molar-refractivity contribution >= 4 is 6.08 Å². The molecule has 5 nitrogen and oxygen atoms in total. The molecule has 14 heavy (non-hydrogen) atoms. The van der Waals surface area contributed by atoms with Crippen LogP contribution in [0.4, 0.5) is 0 Å². The maximum Gasteiger partial charge on any atom is 0.207 e. The third kappa shape index (κ3) is 1.95. The van der Waals surface area contributed by atoms with Gasteiger partial charge in [-0.2, -0.15) is 0 Å². The standard InChI is InChI=1S/C9H11N5/c10-12-9-11-8(13-14-9)6-7-4-2-1-3-5-7/h1-6,9,11-12H,10H2. The van der Waals surface area contributed by atoms with Crippen LogP contribution in [0.15, 0.2) is 46.4 Å². The molecule has 2 rings (SSSR count). The van der Waals surface area contributed by atoms with E-state index in [4.69, 9.17) is 5.84 Å². The Labute approximate surface area is 81.7 Å². The van der Waals surface area contributed by atoms with Crippen LogP contribution >= 0.6 is 0 Å². The molecule has 1 aromatic rings. The third-order valence-electron chi connectivity index (χ3n) is 1.83. The Morgan fingerprint density at radius 1 is 1.36 bits per heavy atom. The number of hydrogen-bond donors (Lipinski definition) is 3. The minimum atomic E-state index is -0.315. The van der Waals surface area contributed by atoms with E-state index in [1.807, 2.05) is 36.4 Å². The molecule has 0 fully saturated rings. The van der Waals surface area contributed by atoms with E-state index in [1.54, 1.807) is 0 Å². The molecular weight excluding hydrogens is 178 g/mol. The molecule has 0 radical (unpaired) electrons. The first-order valence-electron chi connectivity index (χ1n) is 4.29. The topological polar surface area (TPSA) is 74.8 Å². The SMILES string of the molecule is NNC1N=NC(=Cc2ccccc2)N1. The minimum Gasteiger partial charge on any atom is -0.332 e. The number of nitrogens with two attached hydrogens (primary N) is 1. The Kier molecular flexibility index (Phi) is 2.53. The van der Waals surface area contributed by atoms with E-state index in [9.17, 15) is 0 Å². The fraction of sp³-hybridized carbons (Fsp3) is 0.111. The number of azo groups is 1. The highest BCUT2D eigenvalue weighted by molar-refractivity contribution is 5.51. The van der Waals surface area contributed by atoms with Crippen molar-refractivity contribution < 1.29 is 0 Å². The van der Waals surface area contributed by atoms with Gasteiger partial charge in [-0.15, -0.1) is 10.2 Å². The monoisotopic (exact) mass is 189 g/mol. The van der Waals surface area contributed by atoms with Crippen molar-refractivity contribution in [2.75, 3.05) is 0 Å². The zero-order chi connectivity index (χ0) is 9.80. The van der Waals surface area contributed by atoms with Crippen LogP contribution in [0.5, 0.6) is 0 Å². The van der Waals surface area contributed by atoms with E-state index in [-0.39, 0.29) is 6.29 Å². The Morgan fingerprint density at radius 2 is 2.14 bits per heavy atom. The average Bonchev–Trinajstić information content (AvgIpc) is 2.67. The summed E-state index contributed by atoms with van der Waals surface area (Å²) in [4.78, 5) is 0. The summed E-state index contributed by atoms with van der Waals surface area (Å²) >= 11 is 0. The molecular formula is C9H11N5. The number of benzene rings is 1. The van der Waals surface area contributed by atoms with E-state index in [0.717, 1.165) is 5.56 Å². The largest absolute Gasteiger partial charge is 0.332 e. The zero-order valence-electron chi connectivity index (χ0n) is 7.51. The first-order valence-corrected chi connectivity index (χ1v) is 4.29. The molecule has 0 aliphatic carbocycles. The number of rotatable bonds is 2. The van der Waals surface area contributed by atoms with Crippen molar-refractivity contribution in [3.05, 3.63) is 41.7 Å². The van der Waals surface area contributed by atoms with Gasteiger partial charge < -0.3 is 5.32 Å². The van der Waals surface area contributed by atoms with Gasteiger partial charge >= 0.3 is 0 Å². The molecule has 72 valence electrons. The number of hydrogen-bond acceptors (Lipinski definition) is 5. The lowest BCUT2D eigenvalue weighted by atomic mass is 10.2. The fourth-order valence-electron chi connectivity index (χ4n) is 1.17. The van der Waals surface area contributed by atoms with Crippen molar-refractivity contribution in [2.24, 2.45) is 16.1 Å². The van der Waals surface area contributed by atoms with Gasteiger partial charge in [0.15, 0.2) is 5.82 Å². The molecule has 0 amide bonds. The maximum atomic E-state index is 5.20. The molecule has 1 aromatic carbocycles. The first kappa shape index (κ1) is 8.86. The van der Waals surface area contributed by atoms with Crippen molar-refractivity contribution in [3.63, 3.8) is 0 Å². The molecule has 1 heterocycles. The summed E-state index contributed by atoms with van der Waals surface area (Å²) in [6, 6.07) is 9.89. The van der Waals surface area contributed by atoms with E-state index < -0.39 is 0 Å². The Balaban J connectivity index is 2.11. The van der Waals surface area contributed by atoms with Crippen LogP contribution in [-0.2, 0) is 0 Å². The summed E-state index contributed by atoms with van der Waals surface area (Å²) in [6.45, 7) is 0. The van der Waals surface area contributed by atoms with Gasteiger partial charge in [0.2, 0.25) is 6.29 Å². The van der Waals surface area contributed by atoms with Crippen molar-refractivity contribution in [1.29, 1.82) is 0 Å². The summed E-state index contributed by atoms with van der Waals surface area (Å²) in [5.41, 5.74) is 3.54. The first-order chi connectivity index (χ1) is 6.88. The highest BCUT2D eigenvalue weighted by Crippen LogP contribution is 2.10. The summed E-state index contributed by atoms with van der Waals surface area (Å²) < 4.78 is 0. The van der Waals surface area contributed by atoms with Crippen LogP contribution in [0.3, 0.4) is 0 Å². The third-order valence-corrected chi connectivity index (χ3v) is 1.83. The summed E-state index contributed by atoms with van der Waals surface area (Å²) in [5, 5.41) is 10.7. The van der Waals surface area contributed by atoms with Gasteiger partial charge in [0.1, 0.15) is 0 Å². The highest BCUT2D eigenvalue weighted by atomic mass is 15.5. The molecule has 4 N–H and O–H groups in total. The second-order valence-electron chi connectivity index (χ2n) is 2.87. The van der Waals surface area contributed by atoms with Gasteiger partial charge in [-0.25, -0.2) is 5.43 Å². The zero-order valence-corrected chi connectivity index (χ0v) is 7.51. The molecule has 0 spiro atoms. The van der Waals surface area contributed by atoms with Crippen LogP contribution in [0, 0.1) is 0 Å². The second kappa shape index (κ2) is 3.99. The molecule has 1 atom stereocenters. The van der Waals surface area contributed by atoms with Crippen molar-refractivity contribution in [1.82, 2.24) is 10.7 Å². The second-order valence-corrected chi connectivity index (χ2v) is 2.87. The van der Waals surface area contributed by atoms with E-state index in [0.29, 0.717) is 5.82 Å². The Bertz CT molecular complexity index is 357. The lowest BCUT2D eigenvalue weighted by Crippen LogP contribution is -2.41. The predicted molar refractivity (Wildman–Crippen MR) is 53.5 cm³/mol. The maximum absolute atomic E-state index is 5.20. The number of hydrazine groups is 1. The van der Waals surface area contributed by atoms with Crippen molar-refractivity contribution in [2.45, 2.75) is 6.29 Å².